The third-order valence-electron chi connectivity index (χ3n) is 5.29. The predicted octanol–water partition coefficient (Wildman–Crippen LogP) is 4.45. The number of Topliss-reactive ketones (excluding diaryl/α,β-unsaturated/α-hetero) is 1. The molecule has 31 heavy (non-hydrogen) atoms. The van der Waals surface area contributed by atoms with E-state index in [1.165, 1.54) is 23.1 Å². The summed E-state index contributed by atoms with van der Waals surface area (Å²) in [5, 5.41) is 22.9. The Balaban J connectivity index is 1.85. The highest BCUT2D eigenvalue weighted by atomic mass is 16.3. The summed E-state index contributed by atoms with van der Waals surface area (Å²) in [5.74, 6) is -1.18. The maximum absolute atomic E-state index is 13.1. The second-order valence-electron chi connectivity index (χ2n) is 7.55. The topological polar surface area (TPSA) is 89.9 Å². The molecule has 3 aromatic rings. The zero-order valence-corrected chi connectivity index (χ0v) is 17.2. The standard InChI is InChI=1S/C25H22N2O4/c1-15-6-8-18(9-7-15)26-16(2)22-23(17-4-3-5-21(29)14-17)27(25(31)24(22)30)19-10-12-20(28)13-11-19/h3-14,23,26,28-29H,1-2H3/b22-16+/t23-/m0/s1. The molecule has 1 heterocycles. The van der Waals surface area contributed by atoms with Crippen LogP contribution in [-0.4, -0.2) is 21.9 Å². The van der Waals surface area contributed by atoms with Gasteiger partial charge in [0.05, 0.1) is 11.6 Å². The number of aromatic hydroxyl groups is 2. The number of allylic oxidation sites excluding steroid dienone is 1. The van der Waals surface area contributed by atoms with Gasteiger partial charge in [-0.05, 0) is 67.9 Å². The molecule has 0 radical (unpaired) electrons. The monoisotopic (exact) mass is 414 g/mol. The maximum atomic E-state index is 13.1. The lowest BCUT2D eigenvalue weighted by Crippen LogP contribution is -2.29. The SMILES string of the molecule is C/C(Nc1ccc(C)cc1)=C1\C(=O)C(=O)N(c2ccc(O)cc2)[C@H]1c1cccc(O)c1. The van der Waals surface area contributed by atoms with Crippen LogP contribution in [0, 0.1) is 6.92 Å². The number of carbonyl (C=O) groups excluding carboxylic acids is 2. The Labute approximate surface area is 180 Å². The highest BCUT2D eigenvalue weighted by molar-refractivity contribution is 6.51. The first-order valence-electron chi connectivity index (χ1n) is 9.85. The van der Waals surface area contributed by atoms with Crippen LogP contribution < -0.4 is 10.2 Å². The summed E-state index contributed by atoms with van der Waals surface area (Å²) in [4.78, 5) is 27.6. The number of nitrogens with one attached hydrogen (secondary N) is 1. The minimum absolute atomic E-state index is 0.0402. The fraction of sp³-hybridized carbons (Fsp3) is 0.120. The second kappa shape index (κ2) is 7.99. The fourth-order valence-electron chi connectivity index (χ4n) is 3.78. The highest BCUT2D eigenvalue weighted by Crippen LogP contribution is 2.41. The van der Waals surface area contributed by atoms with Gasteiger partial charge in [0, 0.05) is 17.1 Å². The minimum atomic E-state index is -0.727. The van der Waals surface area contributed by atoms with Crippen molar-refractivity contribution >= 4 is 23.1 Å². The second-order valence-corrected chi connectivity index (χ2v) is 7.55. The Morgan fingerprint density at radius 2 is 1.58 bits per heavy atom. The van der Waals surface area contributed by atoms with Crippen LogP contribution in [-0.2, 0) is 9.59 Å². The molecule has 3 N–H and O–H groups in total. The van der Waals surface area contributed by atoms with Gasteiger partial charge in [0.15, 0.2) is 0 Å². The summed E-state index contributed by atoms with van der Waals surface area (Å²) in [5.41, 5.74) is 3.85. The van der Waals surface area contributed by atoms with E-state index >= 15 is 0 Å². The molecule has 1 saturated heterocycles. The smallest absolute Gasteiger partial charge is 0.300 e. The molecule has 0 unspecified atom stereocenters. The summed E-state index contributed by atoms with van der Waals surface area (Å²) in [6.45, 7) is 3.75. The van der Waals surface area contributed by atoms with Crippen LogP contribution in [0.5, 0.6) is 11.5 Å². The van der Waals surface area contributed by atoms with Gasteiger partial charge in [-0.1, -0.05) is 29.8 Å². The molecule has 0 bridgehead atoms. The largest absolute Gasteiger partial charge is 0.508 e. The lowest BCUT2D eigenvalue weighted by molar-refractivity contribution is -0.132. The lowest BCUT2D eigenvalue weighted by atomic mass is 9.96. The number of phenolic OH excluding ortho intramolecular Hbond substituents is 2. The summed E-state index contributed by atoms with van der Waals surface area (Å²) < 4.78 is 0. The molecule has 6 nitrogen and oxygen atoms in total. The zero-order valence-electron chi connectivity index (χ0n) is 17.2. The van der Waals surface area contributed by atoms with E-state index in [-0.39, 0.29) is 11.5 Å². The minimum Gasteiger partial charge on any atom is -0.508 e. The first kappa shape index (κ1) is 20.2. The van der Waals surface area contributed by atoms with Crippen molar-refractivity contribution in [3.05, 3.63) is 95.2 Å². The van der Waals surface area contributed by atoms with Gasteiger partial charge in [-0.2, -0.15) is 0 Å². The van der Waals surface area contributed by atoms with Gasteiger partial charge in [0.2, 0.25) is 0 Å². The van der Waals surface area contributed by atoms with Crippen LogP contribution in [0.25, 0.3) is 0 Å². The molecule has 4 rings (SSSR count). The van der Waals surface area contributed by atoms with Gasteiger partial charge in [-0.3, -0.25) is 14.5 Å². The van der Waals surface area contributed by atoms with E-state index in [1.54, 1.807) is 37.3 Å². The third-order valence-corrected chi connectivity index (χ3v) is 5.29. The average molecular weight is 414 g/mol. The predicted molar refractivity (Wildman–Crippen MR) is 119 cm³/mol. The van der Waals surface area contributed by atoms with Crippen LogP contribution in [0.2, 0.25) is 0 Å². The van der Waals surface area contributed by atoms with Crippen LogP contribution >= 0.6 is 0 Å². The number of aryl methyl sites for hydroxylation is 1. The molecule has 3 aromatic carbocycles. The van der Waals surface area contributed by atoms with E-state index in [9.17, 15) is 19.8 Å². The van der Waals surface area contributed by atoms with Crippen LogP contribution in [0.3, 0.4) is 0 Å². The first-order valence-corrected chi connectivity index (χ1v) is 9.85. The number of rotatable bonds is 4. The number of phenols is 2. The first-order chi connectivity index (χ1) is 14.8. The molecular formula is C25H22N2O4. The Morgan fingerprint density at radius 1 is 0.903 bits per heavy atom. The average Bonchev–Trinajstić information content (AvgIpc) is 3.01. The molecule has 1 fully saturated rings. The number of amides is 1. The number of nitrogens with zero attached hydrogens (tertiary/aromatic N) is 1. The summed E-state index contributed by atoms with van der Waals surface area (Å²) in [6, 6.07) is 19.6. The Hall–Kier alpha value is -4.06. The number of ketones is 1. The van der Waals surface area contributed by atoms with Crippen molar-refractivity contribution in [3.63, 3.8) is 0 Å². The van der Waals surface area contributed by atoms with Gasteiger partial charge in [0.1, 0.15) is 11.5 Å². The van der Waals surface area contributed by atoms with Crippen molar-refractivity contribution in [2.24, 2.45) is 0 Å². The molecule has 1 atom stereocenters. The van der Waals surface area contributed by atoms with E-state index in [1.807, 2.05) is 31.2 Å². The summed E-state index contributed by atoms with van der Waals surface area (Å²) in [7, 11) is 0. The number of hydrogen-bond acceptors (Lipinski definition) is 5. The van der Waals surface area contributed by atoms with Gasteiger partial charge in [0.25, 0.3) is 11.7 Å². The Bertz CT molecular complexity index is 1180. The van der Waals surface area contributed by atoms with E-state index in [2.05, 4.69) is 5.32 Å². The van der Waals surface area contributed by atoms with Gasteiger partial charge in [-0.15, -0.1) is 0 Å². The molecule has 0 aromatic heterocycles. The van der Waals surface area contributed by atoms with Gasteiger partial charge < -0.3 is 15.5 Å². The fourth-order valence-corrected chi connectivity index (χ4v) is 3.78. The number of hydrogen-bond donors (Lipinski definition) is 3. The Kier molecular flexibility index (Phi) is 5.21. The molecule has 1 amide bonds. The van der Waals surface area contributed by atoms with Crippen LogP contribution in [0.15, 0.2) is 84.1 Å². The molecule has 156 valence electrons. The number of benzene rings is 3. The molecule has 1 aliphatic rings. The van der Waals surface area contributed by atoms with Crippen molar-refractivity contribution in [1.82, 2.24) is 0 Å². The van der Waals surface area contributed by atoms with Crippen LogP contribution in [0.1, 0.15) is 24.1 Å². The van der Waals surface area contributed by atoms with Gasteiger partial charge >= 0.3 is 0 Å². The number of anilines is 2. The summed E-state index contributed by atoms with van der Waals surface area (Å²) in [6.07, 6.45) is 0. The molecule has 0 aliphatic carbocycles. The van der Waals surface area contributed by atoms with Crippen LogP contribution in [0.4, 0.5) is 11.4 Å². The van der Waals surface area contributed by atoms with E-state index in [0.29, 0.717) is 22.5 Å². The number of carbonyl (C=O) groups is 2. The highest BCUT2D eigenvalue weighted by Gasteiger charge is 2.46. The zero-order chi connectivity index (χ0) is 22.1. The van der Waals surface area contributed by atoms with E-state index in [0.717, 1.165) is 11.3 Å². The Morgan fingerprint density at radius 3 is 2.23 bits per heavy atom. The van der Waals surface area contributed by atoms with Crippen molar-refractivity contribution in [1.29, 1.82) is 0 Å². The quantitative estimate of drug-likeness (QED) is 0.434. The summed E-state index contributed by atoms with van der Waals surface area (Å²) >= 11 is 0. The molecule has 6 heteroatoms. The third kappa shape index (κ3) is 3.88. The molecule has 0 spiro atoms. The molecule has 1 aliphatic heterocycles. The van der Waals surface area contributed by atoms with E-state index < -0.39 is 17.7 Å². The maximum Gasteiger partial charge on any atom is 0.300 e. The van der Waals surface area contributed by atoms with E-state index in [4.69, 9.17) is 0 Å². The molecular weight excluding hydrogens is 392 g/mol. The van der Waals surface area contributed by atoms with Crippen molar-refractivity contribution in [2.45, 2.75) is 19.9 Å². The molecule has 0 saturated carbocycles. The van der Waals surface area contributed by atoms with Crippen molar-refractivity contribution in [2.75, 3.05) is 10.2 Å². The van der Waals surface area contributed by atoms with Crippen molar-refractivity contribution in [3.8, 4) is 11.5 Å². The lowest BCUT2D eigenvalue weighted by Gasteiger charge is -2.26. The van der Waals surface area contributed by atoms with Crippen molar-refractivity contribution < 1.29 is 19.8 Å². The normalized spacial score (nSPS) is 17.7. The van der Waals surface area contributed by atoms with Gasteiger partial charge in [-0.25, -0.2) is 0 Å².